The van der Waals surface area contributed by atoms with E-state index < -0.39 is 0 Å². The van der Waals surface area contributed by atoms with Gasteiger partial charge in [0.25, 0.3) is 0 Å². The van der Waals surface area contributed by atoms with Crippen molar-refractivity contribution < 1.29 is 9.90 Å². The van der Waals surface area contributed by atoms with Crippen molar-refractivity contribution >= 4 is 5.91 Å². The molecule has 31 heavy (non-hydrogen) atoms. The van der Waals surface area contributed by atoms with Gasteiger partial charge in [0.05, 0.1) is 6.10 Å². The summed E-state index contributed by atoms with van der Waals surface area (Å²) >= 11 is 0. The highest BCUT2D eigenvalue weighted by Gasteiger charge is 2.58. The van der Waals surface area contributed by atoms with Gasteiger partial charge in [-0.05, 0) is 112 Å². The minimum absolute atomic E-state index is 0.0167. The lowest BCUT2D eigenvalue weighted by atomic mass is 9.43. The number of piperidine rings is 1. The molecule has 0 aromatic carbocycles. The zero-order chi connectivity index (χ0) is 22.2. The summed E-state index contributed by atoms with van der Waals surface area (Å²) in [6.45, 7) is 12.5. The first kappa shape index (κ1) is 23.3. The average molecular weight is 431 g/mol. The van der Waals surface area contributed by atoms with Crippen LogP contribution in [0.2, 0.25) is 0 Å². The maximum atomic E-state index is 12.6. The van der Waals surface area contributed by atoms with E-state index in [1.54, 1.807) is 11.1 Å². The van der Waals surface area contributed by atoms with Gasteiger partial charge in [-0.25, -0.2) is 0 Å². The van der Waals surface area contributed by atoms with Crippen LogP contribution in [0.3, 0.4) is 0 Å². The molecule has 3 N–H and O–H groups in total. The minimum Gasteiger partial charge on any atom is -0.393 e. The SMILES string of the molecule is CC1=C(CCC(=O)NCC2CCNCC2)C2CCC3C(C)(C)[C@@H](O)CC[C@]3(C)C2CC1. The Morgan fingerprint density at radius 2 is 1.84 bits per heavy atom. The Kier molecular flexibility index (Phi) is 6.89. The number of hydrogen-bond donors (Lipinski definition) is 3. The monoisotopic (exact) mass is 430 g/mol. The van der Waals surface area contributed by atoms with E-state index in [4.69, 9.17) is 0 Å². The number of fused-ring (bicyclic) bond motifs is 3. The molecule has 3 aliphatic carbocycles. The number of carbonyl (C=O) groups excluding carboxylic acids is 1. The quantitative estimate of drug-likeness (QED) is 0.548. The van der Waals surface area contributed by atoms with E-state index in [9.17, 15) is 9.90 Å². The predicted molar refractivity (Wildman–Crippen MR) is 127 cm³/mol. The Morgan fingerprint density at radius 3 is 2.58 bits per heavy atom. The fourth-order valence-corrected chi connectivity index (χ4v) is 8.11. The second kappa shape index (κ2) is 9.17. The fourth-order valence-electron chi connectivity index (χ4n) is 8.11. The van der Waals surface area contributed by atoms with Crippen molar-refractivity contribution in [1.29, 1.82) is 0 Å². The molecule has 0 aromatic rings. The van der Waals surface area contributed by atoms with E-state index in [-0.39, 0.29) is 17.4 Å². The van der Waals surface area contributed by atoms with Crippen LogP contribution < -0.4 is 10.6 Å². The summed E-state index contributed by atoms with van der Waals surface area (Å²) in [5.74, 6) is 2.86. The van der Waals surface area contributed by atoms with Crippen LogP contribution in [0.15, 0.2) is 11.1 Å². The van der Waals surface area contributed by atoms with Crippen molar-refractivity contribution in [3.63, 3.8) is 0 Å². The van der Waals surface area contributed by atoms with E-state index in [1.807, 2.05) is 0 Å². The third-order valence-corrected chi connectivity index (χ3v) is 10.1. The zero-order valence-corrected chi connectivity index (χ0v) is 20.4. The van der Waals surface area contributed by atoms with Gasteiger partial charge in [0.15, 0.2) is 0 Å². The summed E-state index contributed by atoms with van der Waals surface area (Å²) in [7, 11) is 0. The molecule has 0 aromatic heterocycles. The second-order valence-electron chi connectivity index (χ2n) is 12.1. The van der Waals surface area contributed by atoms with Crippen LogP contribution in [0.4, 0.5) is 0 Å². The van der Waals surface area contributed by atoms with Crippen LogP contribution >= 0.6 is 0 Å². The van der Waals surface area contributed by atoms with Gasteiger partial charge in [0, 0.05) is 13.0 Å². The maximum Gasteiger partial charge on any atom is 0.220 e. The second-order valence-corrected chi connectivity index (χ2v) is 12.1. The van der Waals surface area contributed by atoms with Crippen molar-refractivity contribution in [3.05, 3.63) is 11.1 Å². The number of carbonyl (C=O) groups is 1. The molecular weight excluding hydrogens is 384 g/mol. The third-order valence-electron chi connectivity index (χ3n) is 10.1. The van der Waals surface area contributed by atoms with Gasteiger partial charge in [-0.15, -0.1) is 0 Å². The summed E-state index contributed by atoms with van der Waals surface area (Å²) in [5.41, 5.74) is 3.51. The van der Waals surface area contributed by atoms with E-state index in [2.05, 4.69) is 38.3 Å². The Hall–Kier alpha value is -0.870. The molecule has 0 radical (unpaired) electrons. The Labute approximate surface area is 190 Å². The Bertz CT molecular complexity index is 693. The lowest BCUT2D eigenvalue weighted by Crippen LogP contribution is -2.56. The van der Waals surface area contributed by atoms with E-state index in [1.165, 1.54) is 38.5 Å². The molecule has 1 aliphatic heterocycles. The normalized spacial score (nSPS) is 38.4. The van der Waals surface area contributed by atoms with Gasteiger partial charge in [-0.1, -0.05) is 31.9 Å². The van der Waals surface area contributed by atoms with Crippen molar-refractivity contribution in [2.45, 2.75) is 98.0 Å². The number of aliphatic hydroxyl groups excluding tert-OH is 1. The topological polar surface area (TPSA) is 61.4 Å². The van der Waals surface area contributed by atoms with Gasteiger partial charge in [-0.2, -0.15) is 0 Å². The summed E-state index contributed by atoms with van der Waals surface area (Å²) in [4.78, 5) is 12.6. The van der Waals surface area contributed by atoms with Crippen LogP contribution in [0.5, 0.6) is 0 Å². The van der Waals surface area contributed by atoms with Crippen LogP contribution in [-0.4, -0.2) is 36.8 Å². The number of aliphatic hydroxyl groups is 1. The van der Waals surface area contributed by atoms with Crippen molar-refractivity contribution in [2.24, 2.45) is 34.5 Å². The molecule has 3 fully saturated rings. The third kappa shape index (κ3) is 4.49. The zero-order valence-electron chi connectivity index (χ0n) is 20.4. The number of hydrogen-bond acceptors (Lipinski definition) is 3. The highest BCUT2D eigenvalue weighted by Crippen LogP contribution is 2.64. The van der Waals surface area contributed by atoms with Crippen LogP contribution in [0.1, 0.15) is 91.9 Å². The van der Waals surface area contributed by atoms with E-state index in [0.29, 0.717) is 29.6 Å². The van der Waals surface area contributed by atoms with Crippen molar-refractivity contribution in [2.75, 3.05) is 19.6 Å². The summed E-state index contributed by atoms with van der Waals surface area (Å²) in [5, 5.41) is 17.3. The lowest BCUT2D eigenvalue weighted by Gasteiger charge is -2.62. The molecular formula is C27H46N2O2. The molecule has 3 unspecified atom stereocenters. The predicted octanol–water partition coefficient (Wildman–Crippen LogP) is 4.82. The molecule has 1 amide bonds. The van der Waals surface area contributed by atoms with Gasteiger partial charge in [-0.3, -0.25) is 4.79 Å². The van der Waals surface area contributed by atoms with Gasteiger partial charge in [0.1, 0.15) is 0 Å². The largest absolute Gasteiger partial charge is 0.393 e. The lowest BCUT2D eigenvalue weighted by molar-refractivity contribution is -0.149. The smallest absolute Gasteiger partial charge is 0.220 e. The number of nitrogens with one attached hydrogen (secondary N) is 2. The Morgan fingerprint density at radius 1 is 1.10 bits per heavy atom. The van der Waals surface area contributed by atoms with Crippen LogP contribution in [0, 0.1) is 34.5 Å². The molecule has 4 rings (SSSR count). The molecule has 4 nitrogen and oxygen atoms in total. The standard InChI is InChI=1S/C27H46N2O2/c1-18-5-8-22-21(6-9-23-26(2,3)24(30)11-14-27(22,23)4)20(18)7-10-25(31)29-17-19-12-15-28-16-13-19/h19,21-24,28,30H,5-17H2,1-4H3,(H,29,31)/t21?,22?,23?,24-,27+/m0/s1. The first-order valence-corrected chi connectivity index (χ1v) is 13.1. The summed E-state index contributed by atoms with van der Waals surface area (Å²) < 4.78 is 0. The first-order chi connectivity index (χ1) is 14.7. The molecule has 1 saturated heterocycles. The molecule has 2 saturated carbocycles. The molecule has 5 atom stereocenters. The Balaban J connectivity index is 1.39. The fraction of sp³-hybridized carbons (Fsp3) is 0.889. The van der Waals surface area contributed by atoms with Gasteiger partial charge < -0.3 is 15.7 Å². The molecule has 4 heteroatoms. The van der Waals surface area contributed by atoms with E-state index in [0.717, 1.165) is 44.8 Å². The average Bonchev–Trinajstić information content (AvgIpc) is 2.75. The number of allylic oxidation sites excluding steroid dienone is 2. The molecule has 4 aliphatic rings. The molecule has 0 spiro atoms. The molecule has 0 bridgehead atoms. The first-order valence-electron chi connectivity index (χ1n) is 13.1. The van der Waals surface area contributed by atoms with E-state index >= 15 is 0 Å². The highest BCUT2D eigenvalue weighted by atomic mass is 16.3. The molecule has 176 valence electrons. The van der Waals surface area contributed by atoms with Gasteiger partial charge in [0.2, 0.25) is 5.91 Å². The van der Waals surface area contributed by atoms with Crippen molar-refractivity contribution in [1.82, 2.24) is 10.6 Å². The van der Waals surface area contributed by atoms with Crippen LogP contribution in [-0.2, 0) is 4.79 Å². The molecule has 1 heterocycles. The van der Waals surface area contributed by atoms with Gasteiger partial charge >= 0.3 is 0 Å². The minimum atomic E-state index is -0.161. The number of amides is 1. The highest BCUT2D eigenvalue weighted by molar-refractivity contribution is 5.76. The summed E-state index contributed by atoms with van der Waals surface area (Å²) in [6, 6.07) is 0. The maximum absolute atomic E-state index is 12.6. The van der Waals surface area contributed by atoms with Crippen LogP contribution in [0.25, 0.3) is 0 Å². The van der Waals surface area contributed by atoms with Crippen molar-refractivity contribution in [3.8, 4) is 0 Å². The number of rotatable bonds is 5. The summed E-state index contributed by atoms with van der Waals surface area (Å²) in [6.07, 6.45) is 10.8.